The summed E-state index contributed by atoms with van der Waals surface area (Å²) in [4.78, 5) is 3.78. The van der Waals surface area contributed by atoms with E-state index in [4.69, 9.17) is 5.26 Å². The largest absolute Gasteiger partial charge is 0.280 e. The molecular weight excluding hydrogens is 281 g/mol. The SMILES string of the molecule is Cc1cc(NS(=O)(=O)c2ccc(F)c(C#N)c2)ccn1. The first-order chi connectivity index (χ1) is 9.42. The molecule has 0 atom stereocenters. The van der Waals surface area contributed by atoms with Gasteiger partial charge >= 0.3 is 0 Å². The predicted molar refractivity (Wildman–Crippen MR) is 70.9 cm³/mol. The van der Waals surface area contributed by atoms with Gasteiger partial charge in [-0.15, -0.1) is 0 Å². The molecule has 0 radical (unpaired) electrons. The molecule has 1 N–H and O–H groups in total. The van der Waals surface area contributed by atoms with Crippen molar-refractivity contribution in [2.45, 2.75) is 11.8 Å². The van der Waals surface area contributed by atoms with E-state index < -0.39 is 15.8 Å². The Labute approximate surface area is 115 Å². The molecule has 1 aromatic carbocycles. The zero-order valence-electron chi connectivity index (χ0n) is 10.5. The number of hydrogen-bond donors (Lipinski definition) is 1. The number of anilines is 1. The monoisotopic (exact) mass is 291 g/mol. The molecule has 5 nitrogen and oxygen atoms in total. The number of aromatic nitrogens is 1. The second kappa shape index (κ2) is 5.27. The zero-order valence-corrected chi connectivity index (χ0v) is 11.3. The molecule has 0 spiro atoms. The highest BCUT2D eigenvalue weighted by Gasteiger charge is 2.16. The molecule has 0 aliphatic heterocycles. The number of nitriles is 1. The molecule has 0 aliphatic rings. The first-order valence-corrected chi connectivity index (χ1v) is 7.06. The number of rotatable bonds is 3. The normalized spacial score (nSPS) is 10.8. The van der Waals surface area contributed by atoms with Crippen LogP contribution < -0.4 is 4.72 Å². The molecule has 0 bridgehead atoms. The van der Waals surface area contributed by atoms with Gasteiger partial charge in [0.2, 0.25) is 0 Å². The van der Waals surface area contributed by atoms with Crippen LogP contribution in [-0.2, 0) is 10.0 Å². The zero-order chi connectivity index (χ0) is 14.8. The summed E-state index contributed by atoms with van der Waals surface area (Å²) < 4.78 is 39.8. The summed E-state index contributed by atoms with van der Waals surface area (Å²) in [5.41, 5.74) is 0.682. The predicted octanol–water partition coefficient (Wildman–Crippen LogP) is 2.20. The van der Waals surface area contributed by atoms with Crippen molar-refractivity contribution in [1.29, 1.82) is 5.26 Å². The Kier molecular flexibility index (Phi) is 3.68. The fourth-order valence-electron chi connectivity index (χ4n) is 1.58. The summed E-state index contributed by atoms with van der Waals surface area (Å²) in [6.07, 6.45) is 1.47. The minimum absolute atomic E-state index is 0.176. The van der Waals surface area contributed by atoms with Crippen LogP contribution in [0.1, 0.15) is 11.3 Å². The standard InChI is InChI=1S/C13H10FN3O2S/c1-9-6-11(4-5-16-9)17-20(18,19)12-2-3-13(14)10(7-12)8-15/h2-7H,1H3,(H,16,17). The average Bonchev–Trinajstić information content (AvgIpc) is 2.38. The first-order valence-electron chi connectivity index (χ1n) is 5.57. The second-order valence-corrected chi connectivity index (χ2v) is 5.73. The fraction of sp³-hybridized carbons (Fsp3) is 0.0769. The maximum absolute atomic E-state index is 13.2. The lowest BCUT2D eigenvalue weighted by molar-refractivity contribution is 0.599. The number of halogens is 1. The smallest absolute Gasteiger partial charge is 0.261 e. The van der Waals surface area contributed by atoms with E-state index in [9.17, 15) is 12.8 Å². The number of hydrogen-bond acceptors (Lipinski definition) is 4. The van der Waals surface area contributed by atoms with Gasteiger partial charge in [0.1, 0.15) is 11.9 Å². The molecule has 0 aliphatic carbocycles. The quantitative estimate of drug-likeness (QED) is 0.939. The topological polar surface area (TPSA) is 82.9 Å². The summed E-state index contributed by atoms with van der Waals surface area (Å²) in [5.74, 6) is -0.758. The van der Waals surface area contributed by atoms with Crippen LogP contribution in [0.5, 0.6) is 0 Å². The van der Waals surface area contributed by atoms with Gasteiger partial charge in [0.25, 0.3) is 10.0 Å². The molecule has 0 fully saturated rings. The molecule has 1 aromatic heterocycles. The first kappa shape index (κ1) is 14.0. The maximum atomic E-state index is 13.2. The van der Waals surface area contributed by atoms with Crippen LogP contribution in [0.25, 0.3) is 0 Å². The van der Waals surface area contributed by atoms with Gasteiger partial charge in [-0.3, -0.25) is 9.71 Å². The van der Waals surface area contributed by atoms with Gasteiger partial charge in [-0.1, -0.05) is 0 Å². The molecule has 0 amide bonds. The van der Waals surface area contributed by atoms with Crippen molar-refractivity contribution in [3.05, 3.63) is 53.6 Å². The van der Waals surface area contributed by atoms with E-state index in [0.29, 0.717) is 11.4 Å². The summed E-state index contributed by atoms with van der Waals surface area (Å²) in [7, 11) is -3.87. The summed E-state index contributed by atoms with van der Waals surface area (Å²) in [6.45, 7) is 1.73. The fourth-order valence-corrected chi connectivity index (χ4v) is 2.66. The average molecular weight is 291 g/mol. The number of benzene rings is 1. The van der Waals surface area contributed by atoms with Crippen molar-refractivity contribution < 1.29 is 12.8 Å². The molecule has 2 rings (SSSR count). The van der Waals surface area contributed by atoms with E-state index in [-0.39, 0.29) is 10.5 Å². The third-order valence-electron chi connectivity index (χ3n) is 2.52. The Hall–Kier alpha value is -2.46. The molecule has 0 saturated heterocycles. The third-order valence-corrected chi connectivity index (χ3v) is 3.90. The van der Waals surface area contributed by atoms with Crippen LogP contribution in [0.4, 0.5) is 10.1 Å². The summed E-state index contributed by atoms with van der Waals surface area (Å²) in [5, 5.41) is 8.72. The Morgan fingerprint density at radius 2 is 2.05 bits per heavy atom. The van der Waals surface area contributed by atoms with Crippen LogP contribution in [-0.4, -0.2) is 13.4 Å². The molecule has 1 heterocycles. The van der Waals surface area contributed by atoms with E-state index in [0.717, 1.165) is 18.2 Å². The molecular formula is C13H10FN3O2S. The highest BCUT2D eigenvalue weighted by molar-refractivity contribution is 7.92. The molecule has 20 heavy (non-hydrogen) atoms. The molecule has 2 aromatic rings. The minimum atomic E-state index is -3.87. The highest BCUT2D eigenvalue weighted by Crippen LogP contribution is 2.18. The lowest BCUT2D eigenvalue weighted by Crippen LogP contribution is -2.13. The Balaban J connectivity index is 2.39. The van der Waals surface area contributed by atoms with Crippen LogP contribution in [0, 0.1) is 24.1 Å². The number of nitrogens with one attached hydrogen (secondary N) is 1. The summed E-state index contributed by atoms with van der Waals surface area (Å²) in [6, 6.07) is 7.71. The van der Waals surface area contributed by atoms with Crippen molar-refractivity contribution >= 4 is 15.7 Å². The Morgan fingerprint density at radius 1 is 1.30 bits per heavy atom. The van der Waals surface area contributed by atoms with Gasteiger partial charge in [0.15, 0.2) is 0 Å². The molecule has 0 saturated carbocycles. The summed E-state index contributed by atoms with van der Waals surface area (Å²) >= 11 is 0. The van der Waals surface area contributed by atoms with E-state index in [1.807, 2.05) is 0 Å². The van der Waals surface area contributed by atoms with Gasteiger partial charge < -0.3 is 0 Å². The van der Waals surface area contributed by atoms with E-state index in [1.165, 1.54) is 12.3 Å². The Morgan fingerprint density at radius 3 is 2.70 bits per heavy atom. The van der Waals surface area contributed by atoms with Crippen LogP contribution >= 0.6 is 0 Å². The Bertz CT molecular complexity index is 798. The maximum Gasteiger partial charge on any atom is 0.261 e. The van der Waals surface area contributed by atoms with E-state index in [1.54, 1.807) is 19.1 Å². The minimum Gasteiger partial charge on any atom is -0.280 e. The van der Waals surface area contributed by atoms with Crippen molar-refractivity contribution in [1.82, 2.24) is 4.98 Å². The number of sulfonamides is 1. The van der Waals surface area contributed by atoms with Crippen molar-refractivity contribution in [2.24, 2.45) is 0 Å². The van der Waals surface area contributed by atoms with Crippen LogP contribution in [0.3, 0.4) is 0 Å². The van der Waals surface area contributed by atoms with E-state index in [2.05, 4.69) is 9.71 Å². The highest BCUT2D eigenvalue weighted by atomic mass is 32.2. The van der Waals surface area contributed by atoms with Gasteiger partial charge in [0, 0.05) is 11.9 Å². The van der Waals surface area contributed by atoms with Crippen LogP contribution in [0.15, 0.2) is 41.4 Å². The number of pyridine rings is 1. The van der Waals surface area contributed by atoms with Crippen molar-refractivity contribution in [3.63, 3.8) is 0 Å². The van der Waals surface area contributed by atoms with Crippen LogP contribution in [0.2, 0.25) is 0 Å². The van der Waals surface area contributed by atoms with Gasteiger partial charge in [-0.25, -0.2) is 12.8 Å². The number of nitrogens with zero attached hydrogens (tertiary/aromatic N) is 2. The number of aryl methyl sites for hydroxylation is 1. The van der Waals surface area contributed by atoms with E-state index >= 15 is 0 Å². The van der Waals surface area contributed by atoms with Gasteiger partial charge in [-0.05, 0) is 37.3 Å². The van der Waals surface area contributed by atoms with Crippen molar-refractivity contribution in [3.8, 4) is 6.07 Å². The molecule has 7 heteroatoms. The van der Waals surface area contributed by atoms with Gasteiger partial charge in [-0.2, -0.15) is 5.26 Å². The lowest BCUT2D eigenvalue weighted by atomic mass is 10.2. The third kappa shape index (κ3) is 2.92. The van der Waals surface area contributed by atoms with Gasteiger partial charge in [0.05, 0.1) is 16.1 Å². The molecule has 0 unspecified atom stereocenters. The second-order valence-electron chi connectivity index (χ2n) is 4.04. The van der Waals surface area contributed by atoms with Crippen molar-refractivity contribution in [2.75, 3.05) is 4.72 Å². The molecule has 102 valence electrons. The lowest BCUT2D eigenvalue weighted by Gasteiger charge is -2.08.